The highest BCUT2D eigenvalue weighted by Crippen LogP contribution is 2.18. The Bertz CT molecular complexity index is 442. The average molecular weight is 245 g/mol. The Labute approximate surface area is 108 Å². The number of nitrogens with zero attached hydrogens (tertiary/aromatic N) is 2. The monoisotopic (exact) mass is 245 g/mol. The van der Waals surface area contributed by atoms with Gasteiger partial charge in [-0.25, -0.2) is 0 Å². The predicted molar refractivity (Wildman–Crippen MR) is 74.8 cm³/mol. The van der Waals surface area contributed by atoms with E-state index in [1.807, 2.05) is 19.1 Å². The summed E-state index contributed by atoms with van der Waals surface area (Å²) < 4.78 is 0. The number of rotatable bonds is 7. The van der Waals surface area contributed by atoms with E-state index in [4.69, 9.17) is 0 Å². The molecule has 0 unspecified atom stereocenters. The third-order valence-corrected chi connectivity index (χ3v) is 2.64. The van der Waals surface area contributed by atoms with Gasteiger partial charge < -0.3 is 5.32 Å². The van der Waals surface area contributed by atoms with Crippen LogP contribution in [0.25, 0.3) is 5.57 Å². The van der Waals surface area contributed by atoms with E-state index in [-0.39, 0.29) is 0 Å². The quantitative estimate of drug-likeness (QED) is 0.455. The van der Waals surface area contributed by atoms with Gasteiger partial charge in [-0.2, -0.15) is 0 Å². The van der Waals surface area contributed by atoms with Crippen molar-refractivity contribution in [1.82, 2.24) is 10.3 Å². The van der Waals surface area contributed by atoms with E-state index >= 15 is 0 Å². The van der Waals surface area contributed by atoms with Crippen LogP contribution >= 0.6 is 0 Å². The van der Waals surface area contributed by atoms with Gasteiger partial charge >= 0.3 is 0 Å². The summed E-state index contributed by atoms with van der Waals surface area (Å²) in [6.45, 7) is 9.31. The lowest BCUT2D eigenvalue weighted by atomic mass is 10.1. The molecular weight excluding hydrogens is 226 g/mol. The Balaban J connectivity index is 2.91. The molecule has 0 fully saturated rings. The number of allylic oxidation sites excluding steroid dienone is 2. The number of hydrogen-bond donors (Lipinski definition) is 1. The van der Waals surface area contributed by atoms with E-state index in [1.165, 1.54) is 6.08 Å². The standard InChI is InChI=1S/C14H19N3O/c1-4-7-15-10-12-6-8-16-14(9-12)11(3)13(5-2)17-18/h5-6,8-9,15H,2,4,7,10H2,1,3H3/b13-11-. The third kappa shape index (κ3) is 3.89. The second kappa shape index (κ2) is 7.50. The Kier molecular flexibility index (Phi) is 5.94. The van der Waals surface area contributed by atoms with Crippen LogP contribution in [0.3, 0.4) is 0 Å². The zero-order valence-electron chi connectivity index (χ0n) is 10.9. The van der Waals surface area contributed by atoms with Gasteiger partial charge in [0, 0.05) is 18.3 Å². The van der Waals surface area contributed by atoms with Crippen LogP contribution in [0.4, 0.5) is 0 Å². The molecule has 18 heavy (non-hydrogen) atoms. The van der Waals surface area contributed by atoms with Gasteiger partial charge in [-0.15, -0.1) is 4.91 Å². The summed E-state index contributed by atoms with van der Waals surface area (Å²) in [7, 11) is 0. The van der Waals surface area contributed by atoms with E-state index in [0.717, 1.165) is 36.3 Å². The fraction of sp³-hybridized carbons (Fsp3) is 0.357. The summed E-state index contributed by atoms with van der Waals surface area (Å²) in [6.07, 6.45) is 4.30. The van der Waals surface area contributed by atoms with Crippen molar-refractivity contribution in [1.29, 1.82) is 0 Å². The molecule has 4 heteroatoms. The largest absolute Gasteiger partial charge is 0.313 e. The highest BCUT2D eigenvalue weighted by molar-refractivity contribution is 5.66. The highest BCUT2D eigenvalue weighted by Gasteiger charge is 2.04. The van der Waals surface area contributed by atoms with Crippen molar-refractivity contribution in [2.45, 2.75) is 26.8 Å². The summed E-state index contributed by atoms with van der Waals surface area (Å²) in [4.78, 5) is 14.9. The molecule has 0 aromatic carbocycles. The first-order chi connectivity index (χ1) is 8.72. The molecule has 1 aromatic heterocycles. The Hall–Kier alpha value is -1.81. The molecule has 1 heterocycles. The number of nitrogens with one attached hydrogen (secondary N) is 1. The fourth-order valence-electron chi connectivity index (χ4n) is 1.59. The maximum Gasteiger partial charge on any atom is 0.112 e. The zero-order chi connectivity index (χ0) is 13.4. The lowest BCUT2D eigenvalue weighted by Crippen LogP contribution is -2.13. The van der Waals surface area contributed by atoms with Crippen molar-refractivity contribution >= 4 is 5.57 Å². The van der Waals surface area contributed by atoms with Gasteiger partial charge in [0.1, 0.15) is 5.70 Å². The molecule has 1 rings (SSSR count). The summed E-state index contributed by atoms with van der Waals surface area (Å²) in [5.41, 5.74) is 2.99. The van der Waals surface area contributed by atoms with Crippen molar-refractivity contribution in [2.75, 3.05) is 6.54 Å². The zero-order valence-corrected chi connectivity index (χ0v) is 10.9. The summed E-state index contributed by atoms with van der Waals surface area (Å²) in [6, 6.07) is 3.92. The summed E-state index contributed by atoms with van der Waals surface area (Å²) in [5.74, 6) is 0. The second-order valence-electron chi connectivity index (χ2n) is 4.03. The number of aromatic nitrogens is 1. The Morgan fingerprint density at radius 3 is 3.00 bits per heavy atom. The molecule has 0 aliphatic heterocycles. The van der Waals surface area contributed by atoms with E-state index < -0.39 is 0 Å². The van der Waals surface area contributed by atoms with Crippen molar-refractivity contribution < 1.29 is 0 Å². The highest BCUT2D eigenvalue weighted by atomic mass is 16.3. The van der Waals surface area contributed by atoms with E-state index in [9.17, 15) is 4.91 Å². The first-order valence-electron chi connectivity index (χ1n) is 6.05. The first kappa shape index (κ1) is 14.3. The molecule has 1 N–H and O–H groups in total. The van der Waals surface area contributed by atoms with Gasteiger partial charge in [0.15, 0.2) is 0 Å². The van der Waals surface area contributed by atoms with Gasteiger partial charge in [0.25, 0.3) is 0 Å². The number of nitroso groups, excluding NO2 is 1. The maximum absolute atomic E-state index is 10.6. The molecule has 0 atom stereocenters. The summed E-state index contributed by atoms with van der Waals surface area (Å²) >= 11 is 0. The molecule has 0 bridgehead atoms. The molecule has 0 spiro atoms. The van der Waals surface area contributed by atoms with Crippen LogP contribution in [-0.2, 0) is 6.54 Å². The van der Waals surface area contributed by atoms with Crippen molar-refractivity contribution in [2.24, 2.45) is 5.18 Å². The van der Waals surface area contributed by atoms with Crippen LogP contribution < -0.4 is 5.32 Å². The Morgan fingerprint density at radius 1 is 1.61 bits per heavy atom. The first-order valence-corrected chi connectivity index (χ1v) is 6.05. The number of hydrogen-bond acceptors (Lipinski definition) is 4. The topological polar surface area (TPSA) is 54.4 Å². The smallest absolute Gasteiger partial charge is 0.112 e. The van der Waals surface area contributed by atoms with E-state index in [1.54, 1.807) is 6.20 Å². The van der Waals surface area contributed by atoms with E-state index in [0.29, 0.717) is 5.70 Å². The minimum atomic E-state index is 0.334. The van der Waals surface area contributed by atoms with Crippen molar-refractivity contribution in [3.63, 3.8) is 0 Å². The number of pyridine rings is 1. The molecule has 1 aromatic rings. The van der Waals surface area contributed by atoms with Crippen LogP contribution in [0.1, 0.15) is 31.5 Å². The van der Waals surface area contributed by atoms with Gasteiger partial charge in [-0.3, -0.25) is 4.98 Å². The minimum Gasteiger partial charge on any atom is -0.313 e. The third-order valence-electron chi connectivity index (χ3n) is 2.64. The molecule has 0 radical (unpaired) electrons. The van der Waals surface area contributed by atoms with Crippen LogP contribution in [-0.4, -0.2) is 11.5 Å². The molecule has 4 nitrogen and oxygen atoms in total. The van der Waals surface area contributed by atoms with Crippen molar-refractivity contribution in [3.8, 4) is 0 Å². The molecule has 0 amide bonds. The van der Waals surface area contributed by atoms with Gasteiger partial charge in [-0.1, -0.05) is 13.5 Å². The maximum atomic E-state index is 10.6. The molecule has 0 saturated carbocycles. The van der Waals surface area contributed by atoms with Crippen molar-refractivity contribution in [3.05, 3.63) is 52.8 Å². The normalized spacial score (nSPS) is 11.9. The lowest BCUT2D eigenvalue weighted by molar-refractivity contribution is 0.675. The van der Waals surface area contributed by atoms with Crippen LogP contribution in [0.2, 0.25) is 0 Å². The SMILES string of the molecule is C=C/C(N=O)=C(\C)c1cc(CNCCC)ccn1. The average Bonchev–Trinajstić information content (AvgIpc) is 2.41. The summed E-state index contributed by atoms with van der Waals surface area (Å²) in [5, 5.41) is 6.27. The Morgan fingerprint density at radius 2 is 2.39 bits per heavy atom. The molecule has 0 aliphatic rings. The fourth-order valence-corrected chi connectivity index (χ4v) is 1.59. The molecular formula is C14H19N3O. The molecule has 0 aliphatic carbocycles. The van der Waals surface area contributed by atoms with Crippen LogP contribution in [0.15, 0.2) is 41.9 Å². The van der Waals surface area contributed by atoms with Gasteiger partial charge in [0.05, 0.1) is 5.69 Å². The van der Waals surface area contributed by atoms with E-state index in [2.05, 4.69) is 29.0 Å². The van der Waals surface area contributed by atoms with Crippen LogP contribution in [0, 0.1) is 4.91 Å². The van der Waals surface area contributed by atoms with Crippen LogP contribution in [0.5, 0.6) is 0 Å². The molecule has 0 saturated heterocycles. The van der Waals surface area contributed by atoms with Gasteiger partial charge in [-0.05, 0) is 48.8 Å². The minimum absolute atomic E-state index is 0.334. The van der Waals surface area contributed by atoms with Gasteiger partial charge in [0.2, 0.25) is 0 Å². The lowest BCUT2D eigenvalue weighted by Gasteiger charge is -2.06. The predicted octanol–water partition coefficient (Wildman–Crippen LogP) is 3.26. The second-order valence-corrected chi connectivity index (χ2v) is 4.03. The molecule has 96 valence electrons.